The molecule has 1 N–H and O–H groups in total. The smallest absolute Gasteiger partial charge is 0.118 e. The van der Waals surface area contributed by atoms with Crippen molar-refractivity contribution in [2.24, 2.45) is 0 Å². The molecule has 4 heteroatoms. The van der Waals surface area contributed by atoms with Gasteiger partial charge in [0.2, 0.25) is 0 Å². The maximum absolute atomic E-state index is 11.6. The number of nitrogens with zero attached hydrogens (tertiary/aromatic N) is 2. The lowest BCUT2D eigenvalue weighted by Crippen LogP contribution is -2.46. The number of aliphatic hydroxyl groups is 1. The van der Waals surface area contributed by atoms with Crippen molar-refractivity contribution in [3.05, 3.63) is 65.7 Å². The van der Waals surface area contributed by atoms with Gasteiger partial charge in [-0.1, -0.05) is 42.5 Å². The fraction of sp³-hybridized carbons (Fsp3) is 0.455. The zero-order valence-corrected chi connectivity index (χ0v) is 15.9. The number of ether oxygens (including phenoxy) is 1. The topological polar surface area (TPSA) is 35.9 Å². The van der Waals surface area contributed by atoms with E-state index in [2.05, 4.69) is 29.0 Å². The van der Waals surface area contributed by atoms with Gasteiger partial charge in [-0.05, 0) is 36.7 Å². The molecule has 1 aliphatic rings. The number of piperazine rings is 1. The minimum absolute atomic E-state index is 0.619. The van der Waals surface area contributed by atoms with Crippen LogP contribution in [0.25, 0.3) is 0 Å². The molecule has 1 heterocycles. The first-order chi connectivity index (χ1) is 12.6. The number of likely N-dealkylation sites (N-methyl/N-ethyl adjacent to an activating group) is 1. The van der Waals surface area contributed by atoms with Gasteiger partial charge in [0.15, 0.2) is 0 Å². The summed E-state index contributed by atoms with van der Waals surface area (Å²) in [5.74, 6) is 0.815. The summed E-state index contributed by atoms with van der Waals surface area (Å²) in [7, 11) is 3.83. The van der Waals surface area contributed by atoms with Crippen LogP contribution in [0, 0.1) is 0 Å². The average molecular weight is 354 g/mol. The fourth-order valence-electron chi connectivity index (χ4n) is 3.58. The van der Waals surface area contributed by atoms with E-state index in [1.807, 2.05) is 42.5 Å². The molecular weight excluding hydrogens is 324 g/mol. The first-order valence-electron chi connectivity index (χ1n) is 9.41. The van der Waals surface area contributed by atoms with Crippen LogP contribution < -0.4 is 4.74 Å². The summed E-state index contributed by atoms with van der Waals surface area (Å²) in [5.41, 5.74) is 1.23. The van der Waals surface area contributed by atoms with E-state index >= 15 is 0 Å². The Hall–Kier alpha value is -1.88. The molecular formula is C22H30N2O2. The van der Waals surface area contributed by atoms with Crippen molar-refractivity contribution in [1.82, 2.24) is 9.80 Å². The van der Waals surface area contributed by atoms with E-state index in [0.717, 1.165) is 56.0 Å². The van der Waals surface area contributed by atoms with Crippen LogP contribution >= 0.6 is 0 Å². The van der Waals surface area contributed by atoms with E-state index in [1.165, 1.54) is 0 Å². The maximum atomic E-state index is 11.6. The highest BCUT2D eigenvalue weighted by molar-refractivity contribution is 5.32. The largest absolute Gasteiger partial charge is 0.497 e. The molecule has 1 unspecified atom stereocenters. The molecule has 4 nitrogen and oxygen atoms in total. The highest BCUT2D eigenvalue weighted by Crippen LogP contribution is 2.31. The van der Waals surface area contributed by atoms with E-state index in [9.17, 15) is 5.11 Å². The standard InChI is InChI=1S/C22H30N2O2/c1-23-14-16-24(17-15-23)13-12-22(25,18-19-6-4-3-5-7-19)20-8-10-21(26-2)11-9-20/h3-11,25H,12-18H2,1-2H3. The summed E-state index contributed by atoms with van der Waals surface area (Å²) in [4.78, 5) is 4.82. The summed E-state index contributed by atoms with van der Waals surface area (Å²) in [5, 5.41) is 11.6. The van der Waals surface area contributed by atoms with Gasteiger partial charge >= 0.3 is 0 Å². The van der Waals surface area contributed by atoms with Crippen LogP contribution in [0.4, 0.5) is 0 Å². The normalized spacial score (nSPS) is 18.4. The van der Waals surface area contributed by atoms with E-state index < -0.39 is 5.60 Å². The van der Waals surface area contributed by atoms with Crippen molar-refractivity contribution in [2.75, 3.05) is 46.9 Å². The Morgan fingerprint density at radius 2 is 1.62 bits per heavy atom. The molecule has 1 fully saturated rings. The molecule has 0 spiro atoms. The predicted molar refractivity (Wildman–Crippen MR) is 106 cm³/mol. The van der Waals surface area contributed by atoms with Crippen LogP contribution in [0.1, 0.15) is 17.5 Å². The molecule has 1 atom stereocenters. The monoisotopic (exact) mass is 354 g/mol. The maximum Gasteiger partial charge on any atom is 0.118 e. The zero-order valence-electron chi connectivity index (χ0n) is 15.9. The molecule has 2 aromatic carbocycles. The van der Waals surface area contributed by atoms with E-state index in [0.29, 0.717) is 6.42 Å². The van der Waals surface area contributed by atoms with Crippen molar-refractivity contribution in [3.8, 4) is 5.75 Å². The summed E-state index contributed by atoms with van der Waals surface area (Å²) in [6, 6.07) is 18.1. The molecule has 0 radical (unpaired) electrons. The molecule has 0 amide bonds. The Kier molecular flexibility index (Phi) is 6.30. The first kappa shape index (κ1) is 18.9. The molecule has 1 saturated heterocycles. The van der Waals surface area contributed by atoms with Crippen LogP contribution in [0.5, 0.6) is 5.75 Å². The van der Waals surface area contributed by atoms with Gasteiger partial charge in [-0.25, -0.2) is 0 Å². The van der Waals surface area contributed by atoms with Crippen molar-refractivity contribution in [3.63, 3.8) is 0 Å². The van der Waals surface area contributed by atoms with Gasteiger partial charge in [-0.15, -0.1) is 0 Å². The first-order valence-corrected chi connectivity index (χ1v) is 9.41. The van der Waals surface area contributed by atoms with Gasteiger partial charge in [0.25, 0.3) is 0 Å². The third-order valence-electron chi connectivity index (χ3n) is 5.40. The quantitative estimate of drug-likeness (QED) is 0.829. The lowest BCUT2D eigenvalue weighted by Gasteiger charge is -2.36. The lowest BCUT2D eigenvalue weighted by molar-refractivity contribution is 0.0127. The van der Waals surface area contributed by atoms with Crippen molar-refractivity contribution in [1.29, 1.82) is 0 Å². The van der Waals surface area contributed by atoms with Crippen LogP contribution in [0.2, 0.25) is 0 Å². The van der Waals surface area contributed by atoms with E-state index in [-0.39, 0.29) is 0 Å². The van der Waals surface area contributed by atoms with E-state index in [1.54, 1.807) is 7.11 Å². The highest BCUT2D eigenvalue weighted by atomic mass is 16.5. The molecule has 1 aliphatic heterocycles. The second kappa shape index (κ2) is 8.67. The molecule has 0 bridgehead atoms. The highest BCUT2D eigenvalue weighted by Gasteiger charge is 2.30. The van der Waals surface area contributed by atoms with Gasteiger partial charge in [0, 0.05) is 39.1 Å². The Morgan fingerprint density at radius 3 is 2.23 bits per heavy atom. The molecule has 0 aromatic heterocycles. The Bertz CT molecular complexity index is 666. The molecule has 140 valence electrons. The summed E-state index contributed by atoms with van der Waals surface area (Å²) in [6.07, 6.45) is 1.34. The minimum atomic E-state index is -0.878. The number of benzene rings is 2. The summed E-state index contributed by atoms with van der Waals surface area (Å²) in [6.45, 7) is 5.24. The van der Waals surface area contributed by atoms with Crippen molar-refractivity contribution in [2.45, 2.75) is 18.4 Å². The lowest BCUT2D eigenvalue weighted by atomic mass is 9.84. The van der Waals surface area contributed by atoms with Gasteiger partial charge < -0.3 is 19.6 Å². The predicted octanol–water partition coefficient (Wildman–Crippen LogP) is 2.76. The Labute approximate surface area is 157 Å². The van der Waals surface area contributed by atoms with Crippen LogP contribution in [0.15, 0.2) is 54.6 Å². The minimum Gasteiger partial charge on any atom is -0.497 e. The zero-order chi connectivity index (χ0) is 18.4. The van der Waals surface area contributed by atoms with Crippen molar-refractivity contribution < 1.29 is 9.84 Å². The van der Waals surface area contributed by atoms with Gasteiger partial charge in [0.05, 0.1) is 12.7 Å². The van der Waals surface area contributed by atoms with Gasteiger partial charge in [0.1, 0.15) is 5.75 Å². The van der Waals surface area contributed by atoms with Crippen LogP contribution in [0.3, 0.4) is 0 Å². The summed E-state index contributed by atoms with van der Waals surface area (Å²) >= 11 is 0. The van der Waals surface area contributed by atoms with Gasteiger partial charge in [-0.2, -0.15) is 0 Å². The second-order valence-electron chi connectivity index (χ2n) is 7.32. The van der Waals surface area contributed by atoms with E-state index in [4.69, 9.17) is 4.74 Å². The average Bonchev–Trinajstić information content (AvgIpc) is 2.68. The molecule has 3 rings (SSSR count). The number of methoxy groups -OCH3 is 1. The third kappa shape index (κ3) is 4.85. The second-order valence-corrected chi connectivity index (χ2v) is 7.32. The Balaban J connectivity index is 1.75. The fourth-order valence-corrected chi connectivity index (χ4v) is 3.58. The third-order valence-corrected chi connectivity index (χ3v) is 5.40. The molecule has 0 saturated carbocycles. The number of rotatable bonds is 7. The molecule has 0 aliphatic carbocycles. The Morgan fingerprint density at radius 1 is 0.962 bits per heavy atom. The molecule has 2 aromatic rings. The molecule has 26 heavy (non-hydrogen) atoms. The number of hydrogen-bond donors (Lipinski definition) is 1. The van der Waals surface area contributed by atoms with Gasteiger partial charge in [-0.3, -0.25) is 0 Å². The summed E-state index contributed by atoms with van der Waals surface area (Å²) < 4.78 is 5.27. The van der Waals surface area contributed by atoms with Crippen LogP contribution in [-0.4, -0.2) is 61.8 Å². The number of hydrogen-bond acceptors (Lipinski definition) is 4. The SMILES string of the molecule is COc1ccc(C(O)(CCN2CCN(C)CC2)Cc2ccccc2)cc1. The van der Waals surface area contributed by atoms with Crippen LogP contribution in [-0.2, 0) is 12.0 Å². The van der Waals surface area contributed by atoms with Crippen molar-refractivity contribution >= 4 is 0 Å².